The van der Waals surface area contributed by atoms with Gasteiger partial charge in [-0.1, -0.05) is 88.1 Å². The van der Waals surface area contributed by atoms with Gasteiger partial charge in [0.25, 0.3) is 0 Å². The summed E-state index contributed by atoms with van der Waals surface area (Å²) in [6.07, 6.45) is 14.7. The molecule has 5 nitrogen and oxygen atoms in total. The van der Waals surface area contributed by atoms with Crippen LogP contribution in [0.1, 0.15) is 109 Å². The summed E-state index contributed by atoms with van der Waals surface area (Å²) >= 11 is 0. The number of carboxylic acid groups (broad SMARTS) is 1. The van der Waals surface area contributed by atoms with Gasteiger partial charge in [-0.15, -0.1) is 0 Å². The summed E-state index contributed by atoms with van der Waals surface area (Å²) in [5.74, 6) is -1.16. The number of hydrogen-bond donors (Lipinski definition) is 1. The molecule has 1 aromatic rings. The number of unbranched alkanes of at least 4 members (excludes halogenated alkanes) is 9. The van der Waals surface area contributed by atoms with Crippen LogP contribution in [0.5, 0.6) is 0 Å². The zero-order valence-corrected chi connectivity index (χ0v) is 20.2. The van der Waals surface area contributed by atoms with E-state index < -0.39 is 5.97 Å². The van der Waals surface area contributed by atoms with E-state index in [0.29, 0.717) is 19.1 Å². The van der Waals surface area contributed by atoms with Crippen LogP contribution in [0.3, 0.4) is 0 Å². The molecule has 2 atom stereocenters. The Balaban J connectivity index is 1.89. The standard InChI is InChI=1S/C27H44O5/c1-23(31-22-25-17-13-11-14-18-25)16-12-9-7-5-3-4-6-8-10-15-19-26(32-24(2)28)20-21-27(29)30/h11,13-14,17-18,23,26H,3-10,12,15-16,19-22H2,1-2H3,(H,29,30). The second kappa shape index (κ2) is 18.7. The zero-order chi connectivity index (χ0) is 23.4. The van der Waals surface area contributed by atoms with E-state index in [-0.39, 0.29) is 18.5 Å². The molecule has 0 saturated carbocycles. The second-order valence-electron chi connectivity index (χ2n) is 8.88. The first-order chi connectivity index (χ1) is 15.5. The third kappa shape index (κ3) is 16.8. The SMILES string of the molecule is CC(=O)OC(CCCCCCCCCCCCC(C)OCc1ccccc1)CCC(=O)O. The molecule has 0 amide bonds. The Kier molecular flexibility index (Phi) is 16.4. The molecule has 0 aliphatic heterocycles. The van der Waals surface area contributed by atoms with Crippen molar-refractivity contribution in [3.63, 3.8) is 0 Å². The van der Waals surface area contributed by atoms with Gasteiger partial charge in [-0.3, -0.25) is 9.59 Å². The molecule has 0 aliphatic rings. The Morgan fingerprint density at radius 3 is 1.88 bits per heavy atom. The topological polar surface area (TPSA) is 72.8 Å². The zero-order valence-electron chi connectivity index (χ0n) is 20.2. The van der Waals surface area contributed by atoms with Crippen molar-refractivity contribution in [2.75, 3.05) is 0 Å². The molecule has 32 heavy (non-hydrogen) atoms. The summed E-state index contributed by atoms with van der Waals surface area (Å²) in [7, 11) is 0. The van der Waals surface area contributed by atoms with Crippen LogP contribution in [0.2, 0.25) is 0 Å². The number of rotatable bonds is 20. The molecule has 0 aromatic heterocycles. The van der Waals surface area contributed by atoms with Gasteiger partial charge >= 0.3 is 11.9 Å². The average molecular weight is 449 g/mol. The van der Waals surface area contributed by atoms with E-state index >= 15 is 0 Å². The lowest BCUT2D eigenvalue weighted by Crippen LogP contribution is -2.17. The highest BCUT2D eigenvalue weighted by Crippen LogP contribution is 2.16. The van der Waals surface area contributed by atoms with Gasteiger partial charge in [0.1, 0.15) is 6.10 Å². The first kappa shape index (κ1) is 28.2. The van der Waals surface area contributed by atoms with Gasteiger partial charge in [-0.25, -0.2) is 0 Å². The fourth-order valence-corrected chi connectivity index (χ4v) is 3.90. The lowest BCUT2D eigenvalue weighted by atomic mass is 10.0. The minimum Gasteiger partial charge on any atom is -0.481 e. The highest BCUT2D eigenvalue weighted by molar-refractivity contribution is 5.67. The van der Waals surface area contributed by atoms with Crippen LogP contribution in [-0.4, -0.2) is 29.3 Å². The summed E-state index contributed by atoms with van der Waals surface area (Å²) in [4.78, 5) is 21.8. The number of hydrogen-bond acceptors (Lipinski definition) is 4. The Hall–Kier alpha value is -1.88. The predicted octanol–water partition coefficient (Wildman–Crippen LogP) is 7.07. The van der Waals surface area contributed by atoms with Crippen molar-refractivity contribution in [1.82, 2.24) is 0 Å². The van der Waals surface area contributed by atoms with Gasteiger partial charge in [-0.05, 0) is 38.2 Å². The van der Waals surface area contributed by atoms with Gasteiger partial charge in [0.15, 0.2) is 0 Å². The van der Waals surface area contributed by atoms with Gasteiger partial charge in [-0.2, -0.15) is 0 Å². The molecule has 0 fully saturated rings. The first-order valence-electron chi connectivity index (χ1n) is 12.5. The minimum atomic E-state index is -0.840. The number of ether oxygens (including phenoxy) is 2. The summed E-state index contributed by atoms with van der Waals surface area (Å²) < 4.78 is 11.2. The minimum absolute atomic E-state index is 0.0531. The Bertz CT molecular complexity index is 601. The Labute approximate surface area is 194 Å². The molecule has 1 rings (SSSR count). The van der Waals surface area contributed by atoms with Crippen LogP contribution in [0.15, 0.2) is 30.3 Å². The van der Waals surface area contributed by atoms with Crippen LogP contribution < -0.4 is 0 Å². The van der Waals surface area contributed by atoms with Crippen LogP contribution in [0.4, 0.5) is 0 Å². The molecule has 0 radical (unpaired) electrons. The number of benzene rings is 1. The molecule has 0 aliphatic carbocycles. The second-order valence-corrected chi connectivity index (χ2v) is 8.88. The number of carboxylic acids is 1. The first-order valence-corrected chi connectivity index (χ1v) is 12.5. The third-order valence-electron chi connectivity index (χ3n) is 5.78. The summed E-state index contributed by atoms with van der Waals surface area (Å²) in [6, 6.07) is 10.3. The monoisotopic (exact) mass is 448 g/mol. The van der Waals surface area contributed by atoms with Gasteiger partial charge in [0.2, 0.25) is 0 Å². The van der Waals surface area contributed by atoms with Gasteiger partial charge in [0.05, 0.1) is 12.7 Å². The lowest BCUT2D eigenvalue weighted by molar-refractivity contribution is -0.149. The van der Waals surface area contributed by atoms with Crippen molar-refractivity contribution < 1.29 is 24.2 Å². The average Bonchev–Trinajstić information content (AvgIpc) is 2.76. The van der Waals surface area contributed by atoms with E-state index in [1.807, 2.05) is 6.07 Å². The van der Waals surface area contributed by atoms with Crippen LogP contribution in [0, 0.1) is 0 Å². The normalized spacial score (nSPS) is 12.9. The van der Waals surface area contributed by atoms with E-state index in [1.54, 1.807) is 0 Å². The molecule has 0 bridgehead atoms. The van der Waals surface area contributed by atoms with E-state index in [1.165, 1.54) is 63.9 Å². The molecule has 1 N–H and O–H groups in total. The molecule has 182 valence electrons. The van der Waals surface area contributed by atoms with E-state index in [4.69, 9.17) is 14.6 Å². The Morgan fingerprint density at radius 2 is 1.34 bits per heavy atom. The molecule has 0 saturated heterocycles. The predicted molar refractivity (Wildman–Crippen MR) is 129 cm³/mol. The van der Waals surface area contributed by atoms with Crippen LogP contribution in [0.25, 0.3) is 0 Å². The van der Waals surface area contributed by atoms with E-state index in [0.717, 1.165) is 25.7 Å². The Morgan fingerprint density at radius 1 is 0.812 bits per heavy atom. The quantitative estimate of drug-likeness (QED) is 0.171. The number of carbonyl (C=O) groups is 2. The van der Waals surface area contributed by atoms with Gasteiger partial charge < -0.3 is 14.6 Å². The van der Waals surface area contributed by atoms with E-state index in [9.17, 15) is 9.59 Å². The molecule has 5 heteroatoms. The summed E-state index contributed by atoms with van der Waals surface area (Å²) in [5.41, 5.74) is 1.24. The smallest absolute Gasteiger partial charge is 0.303 e. The van der Waals surface area contributed by atoms with Crippen LogP contribution in [-0.2, 0) is 25.7 Å². The number of aliphatic carboxylic acids is 1. The number of esters is 1. The lowest BCUT2D eigenvalue weighted by Gasteiger charge is -2.16. The molecular weight excluding hydrogens is 404 g/mol. The highest BCUT2D eigenvalue weighted by Gasteiger charge is 2.13. The molecule has 2 unspecified atom stereocenters. The maximum atomic E-state index is 11.1. The van der Waals surface area contributed by atoms with Crippen molar-refractivity contribution in [2.24, 2.45) is 0 Å². The molecule has 0 spiro atoms. The molecule has 0 heterocycles. The maximum absolute atomic E-state index is 11.1. The van der Waals surface area contributed by atoms with Crippen molar-refractivity contribution in [3.8, 4) is 0 Å². The van der Waals surface area contributed by atoms with E-state index in [2.05, 4.69) is 31.2 Å². The van der Waals surface area contributed by atoms with Gasteiger partial charge in [0, 0.05) is 13.3 Å². The van der Waals surface area contributed by atoms with Crippen LogP contribution >= 0.6 is 0 Å². The summed E-state index contributed by atoms with van der Waals surface area (Å²) in [5, 5.41) is 8.80. The van der Waals surface area contributed by atoms with Crippen molar-refractivity contribution in [2.45, 2.75) is 123 Å². The fourth-order valence-electron chi connectivity index (χ4n) is 3.90. The molecular formula is C27H44O5. The highest BCUT2D eigenvalue weighted by atomic mass is 16.5. The third-order valence-corrected chi connectivity index (χ3v) is 5.78. The van der Waals surface area contributed by atoms with Crippen molar-refractivity contribution in [1.29, 1.82) is 0 Å². The number of carbonyl (C=O) groups excluding carboxylic acids is 1. The maximum Gasteiger partial charge on any atom is 0.303 e. The van der Waals surface area contributed by atoms with Crippen molar-refractivity contribution in [3.05, 3.63) is 35.9 Å². The fraction of sp³-hybridized carbons (Fsp3) is 0.704. The summed E-state index contributed by atoms with van der Waals surface area (Å²) in [6.45, 7) is 4.26. The molecule has 1 aromatic carbocycles. The van der Waals surface area contributed by atoms with Crippen molar-refractivity contribution >= 4 is 11.9 Å². The largest absolute Gasteiger partial charge is 0.481 e.